The zero-order chi connectivity index (χ0) is 12.6. The lowest BCUT2D eigenvalue weighted by molar-refractivity contribution is 0.591. The van der Waals surface area contributed by atoms with Gasteiger partial charge in [0.15, 0.2) is 0 Å². The van der Waals surface area contributed by atoms with Gasteiger partial charge in [-0.25, -0.2) is 0 Å². The van der Waals surface area contributed by atoms with Gasteiger partial charge in [-0.05, 0) is 22.4 Å². The Hall–Kier alpha value is -1.50. The third-order valence-corrected chi connectivity index (χ3v) is 3.21. The summed E-state index contributed by atoms with van der Waals surface area (Å²) in [7, 11) is 4.18. The van der Waals surface area contributed by atoms with Gasteiger partial charge in [0.25, 0.3) is 0 Å². The highest BCUT2D eigenvalue weighted by atomic mass is 15.1. The van der Waals surface area contributed by atoms with Gasteiger partial charge < -0.3 is 4.90 Å². The van der Waals surface area contributed by atoms with Crippen LogP contribution >= 0.6 is 0 Å². The first-order valence-electron chi connectivity index (χ1n) is 6.10. The van der Waals surface area contributed by atoms with Gasteiger partial charge in [-0.3, -0.25) is 0 Å². The van der Waals surface area contributed by atoms with Gasteiger partial charge in [0.2, 0.25) is 0 Å². The zero-order valence-corrected chi connectivity index (χ0v) is 11.4. The van der Waals surface area contributed by atoms with Crippen molar-refractivity contribution >= 4 is 16.5 Å². The highest BCUT2D eigenvalue weighted by Gasteiger charge is 2.14. The smallest absolute Gasteiger partial charge is 0.0440 e. The molecule has 0 saturated heterocycles. The molecule has 0 spiro atoms. The molecule has 0 heterocycles. The molecule has 1 heteroatoms. The lowest BCUT2D eigenvalue weighted by Crippen LogP contribution is -2.11. The van der Waals surface area contributed by atoms with Crippen LogP contribution in [0.25, 0.3) is 10.8 Å². The Labute approximate surface area is 104 Å². The molecule has 90 valence electrons. The predicted molar refractivity (Wildman–Crippen MR) is 77.0 cm³/mol. The molecule has 2 aromatic rings. The van der Waals surface area contributed by atoms with E-state index >= 15 is 0 Å². The molecule has 0 aliphatic rings. The van der Waals surface area contributed by atoms with Crippen LogP contribution in [0, 0.1) is 0 Å². The van der Waals surface area contributed by atoms with Crippen molar-refractivity contribution in [3.8, 4) is 0 Å². The molecule has 0 aliphatic heterocycles. The van der Waals surface area contributed by atoms with Crippen LogP contribution in [0.4, 0.5) is 5.69 Å². The summed E-state index contributed by atoms with van der Waals surface area (Å²) >= 11 is 0. The summed E-state index contributed by atoms with van der Waals surface area (Å²) in [5, 5.41) is 2.65. The summed E-state index contributed by atoms with van der Waals surface area (Å²) in [5.74, 6) is 0. The molecule has 0 radical (unpaired) electrons. The Balaban J connectivity index is 2.65. The van der Waals surface area contributed by atoms with Gasteiger partial charge in [0, 0.05) is 25.2 Å². The van der Waals surface area contributed by atoms with Gasteiger partial charge in [-0.1, -0.05) is 51.1 Å². The van der Waals surface area contributed by atoms with Gasteiger partial charge in [0.05, 0.1) is 0 Å². The van der Waals surface area contributed by atoms with Crippen molar-refractivity contribution in [1.82, 2.24) is 0 Å². The molecule has 0 unspecified atom stereocenters. The van der Waals surface area contributed by atoms with E-state index in [9.17, 15) is 0 Å². The van der Waals surface area contributed by atoms with Crippen LogP contribution < -0.4 is 4.90 Å². The molecule has 0 atom stereocenters. The summed E-state index contributed by atoms with van der Waals surface area (Å²) < 4.78 is 0. The fourth-order valence-electron chi connectivity index (χ4n) is 2.12. The number of hydrogen-bond acceptors (Lipinski definition) is 1. The minimum Gasteiger partial charge on any atom is -0.377 e. The molecule has 17 heavy (non-hydrogen) atoms. The number of rotatable bonds is 1. The first-order chi connectivity index (χ1) is 7.89. The molecule has 0 aliphatic carbocycles. The van der Waals surface area contributed by atoms with Crippen molar-refractivity contribution in [3.63, 3.8) is 0 Å². The number of anilines is 1. The third kappa shape index (κ3) is 2.28. The Bertz CT molecular complexity index is 533. The lowest BCUT2D eigenvalue weighted by Gasteiger charge is -2.21. The molecule has 0 amide bonds. The van der Waals surface area contributed by atoms with Gasteiger partial charge >= 0.3 is 0 Å². The maximum absolute atomic E-state index is 2.31. The second-order valence-electron chi connectivity index (χ2n) is 5.86. The van der Waals surface area contributed by atoms with Crippen molar-refractivity contribution in [2.24, 2.45) is 0 Å². The van der Waals surface area contributed by atoms with E-state index < -0.39 is 0 Å². The minimum atomic E-state index is 0.211. The van der Waals surface area contributed by atoms with E-state index in [0.717, 1.165) is 0 Å². The Morgan fingerprint density at radius 1 is 0.941 bits per heavy atom. The van der Waals surface area contributed by atoms with Crippen molar-refractivity contribution in [3.05, 3.63) is 42.0 Å². The number of fused-ring (bicyclic) bond motifs is 1. The average Bonchev–Trinajstić information content (AvgIpc) is 2.26. The molecule has 0 aromatic heterocycles. The largest absolute Gasteiger partial charge is 0.377 e. The molecule has 0 fully saturated rings. The van der Waals surface area contributed by atoms with Crippen molar-refractivity contribution in [1.29, 1.82) is 0 Å². The van der Waals surface area contributed by atoms with Gasteiger partial charge in [-0.15, -0.1) is 0 Å². The lowest BCUT2D eigenvalue weighted by atomic mass is 9.86. The normalized spacial score (nSPS) is 11.8. The monoisotopic (exact) mass is 227 g/mol. The average molecular weight is 227 g/mol. The number of nitrogens with zero attached hydrogens (tertiary/aromatic N) is 1. The van der Waals surface area contributed by atoms with Crippen molar-refractivity contribution < 1.29 is 0 Å². The first kappa shape index (κ1) is 12.0. The third-order valence-electron chi connectivity index (χ3n) is 3.21. The summed E-state index contributed by atoms with van der Waals surface area (Å²) in [6, 6.07) is 13.3. The Kier molecular flexibility index (Phi) is 2.86. The Morgan fingerprint density at radius 2 is 1.65 bits per heavy atom. The van der Waals surface area contributed by atoms with E-state index in [4.69, 9.17) is 0 Å². The van der Waals surface area contributed by atoms with E-state index in [0.29, 0.717) is 0 Å². The number of hydrogen-bond donors (Lipinski definition) is 0. The van der Waals surface area contributed by atoms with Crippen LogP contribution in [0.5, 0.6) is 0 Å². The predicted octanol–water partition coefficient (Wildman–Crippen LogP) is 4.20. The second-order valence-corrected chi connectivity index (χ2v) is 5.86. The van der Waals surface area contributed by atoms with E-state index in [1.54, 1.807) is 0 Å². The standard InChI is InChI=1S/C16H21N/c1-16(2,3)13-9-10-14-12(11-13)7-6-8-15(14)17(4)5/h6-11H,1-5H3. The van der Waals surface area contributed by atoms with Crippen LogP contribution in [0.2, 0.25) is 0 Å². The molecule has 2 aromatic carbocycles. The maximum atomic E-state index is 2.31. The summed E-state index contributed by atoms with van der Waals surface area (Å²) in [5.41, 5.74) is 2.88. The fraction of sp³-hybridized carbons (Fsp3) is 0.375. The fourth-order valence-corrected chi connectivity index (χ4v) is 2.12. The molecular formula is C16H21N. The van der Waals surface area contributed by atoms with Gasteiger partial charge in [0.1, 0.15) is 0 Å². The van der Waals surface area contributed by atoms with Crippen LogP contribution in [0.15, 0.2) is 36.4 Å². The molecule has 0 saturated carbocycles. The highest BCUT2D eigenvalue weighted by Crippen LogP contribution is 2.30. The molecular weight excluding hydrogens is 206 g/mol. The zero-order valence-electron chi connectivity index (χ0n) is 11.4. The first-order valence-corrected chi connectivity index (χ1v) is 6.10. The van der Waals surface area contributed by atoms with Crippen LogP contribution in [-0.4, -0.2) is 14.1 Å². The van der Waals surface area contributed by atoms with E-state index in [2.05, 4.69) is 76.2 Å². The van der Waals surface area contributed by atoms with Crippen LogP contribution in [-0.2, 0) is 5.41 Å². The number of benzene rings is 2. The Morgan fingerprint density at radius 3 is 2.24 bits per heavy atom. The highest BCUT2D eigenvalue weighted by molar-refractivity contribution is 5.94. The summed E-state index contributed by atoms with van der Waals surface area (Å²) in [6.45, 7) is 6.76. The molecule has 0 N–H and O–H groups in total. The molecule has 2 rings (SSSR count). The molecule has 1 nitrogen and oxygen atoms in total. The maximum Gasteiger partial charge on any atom is 0.0440 e. The van der Waals surface area contributed by atoms with Gasteiger partial charge in [-0.2, -0.15) is 0 Å². The summed E-state index contributed by atoms with van der Waals surface area (Å²) in [4.78, 5) is 2.17. The van der Waals surface area contributed by atoms with E-state index in [1.807, 2.05) is 0 Å². The van der Waals surface area contributed by atoms with Crippen molar-refractivity contribution in [2.75, 3.05) is 19.0 Å². The van der Waals surface area contributed by atoms with E-state index in [-0.39, 0.29) is 5.41 Å². The summed E-state index contributed by atoms with van der Waals surface area (Å²) in [6.07, 6.45) is 0. The van der Waals surface area contributed by atoms with Crippen molar-refractivity contribution in [2.45, 2.75) is 26.2 Å². The van der Waals surface area contributed by atoms with Crippen LogP contribution in [0.3, 0.4) is 0 Å². The quantitative estimate of drug-likeness (QED) is 0.705. The molecule has 0 bridgehead atoms. The van der Waals surface area contributed by atoms with Crippen LogP contribution in [0.1, 0.15) is 26.3 Å². The SMILES string of the molecule is CN(C)c1cccc2cc(C(C)(C)C)ccc12. The topological polar surface area (TPSA) is 3.24 Å². The second kappa shape index (κ2) is 4.06. The minimum absolute atomic E-state index is 0.211. The van der Waals surface area contributed by atoms with E-state index in [1.165, 1.54) is 22.0 Å².